The van der Waals surface area contributed by atoms with Gasteiger partial charge in [-0.15, -0.1) is 0 Å². The van der Waals surface area contributed by atoms with Gasteiger partial charge in [-0.05, 0) is 23.8 Å². The molecule has 0 saturated heterocycles. The Balaban J connectivity index is 1.89. The number of methoxy groups -OCH3 is 1. The highest BCUT2D eigenvalue weighted by molar-refractivity contribution is 6.19. The van der Waals surface area contributed by atoms with Crippen molar-refractivity contribution in [3.8, 4) is 5.75 Å². The molecular formula is C17H14N2O2. The van der Waals surface area contributed by atoms with Crippen LogP contribution >= 0.6 is 0 Å². The number of amidine groups is 1. The van der Waals surface area contributed by atoms with Gasteiger partial charge in [0, 0.05) is 5.56 Å². The molecule has 3 rings (SSSR count). The van der Waals surface area contributed by atoms with E-state index in [4.69, 9.17) is 4.74 Å². The van der Waals surface area contributed by atoms with Crippen molar-refractivity contribution < 1.29 is 9.53 Å². The molecule has 0 radical (unpaired) electrons. The average Bonchev–Trinajstić information content (AvgIpc) is 2.90. The molecule has 2 aromatic carbocycles. The summed E-state index contributed by atoms with van der Waals surface area (Å²) in [7, 11) is 1.62. The van der Waals surface area contributed by atoms with E-state index in [1.807, 2.05) is 54.6 Å². The highest BCUT2D eigenvalue weighted by Gasteiger charge is 2.20. The van der Waals surface area contributed by atoms with Gasteiger partial charge in [0.25, 0.3) is 5.91 Å². The summed E-state index contributed by atoms with van der Waals surface area (Å²) in [6.07, 6.45) is 1.75. The third-order valence-corrected chi connectivity index (χ3v) is 3.16. The lowest BCUT2D eigenvalue weighted by molar-refractivity contribution is -0.115. The second-order valence-electron chi connectivity index (χ2n) is 4.58. The minimum atomic E-state index is -0.190. The highest BCUT2D eigenvalue weighted by atomic mass is 16.5. The van der Waals surface area contributed by atoms with Crippen molar-refractivity contribution in [2.45, 2.75) is 0 Å². The lowest BCUT2D eigenvalue weighted by Gasteiger charge is -1.99. The minimum Gasteiger partial charge on any atom is -0.497 e. The fourth-order valence-corrected chi connectivity index (χ4v) is 2.06. The molecule has 1 heterocycles. The van der Waals surface area contributed by atoms with Crippen LogP contribution in [0.25, 0.3) is 6.08 Å². The van der Waals surface area contributed by atoms with Gasteiger partial charge in [0.1, 0.15) is 17.3 Å². The third kappa shape index (κ3) is 2.84. The summed E-state index contributed by atoms with van der Waals surface area (Å²) < 4.78 is 5.11. The van der Waals surface area contributed by atoms with Gasteiger partial charge in [-0.1, -0.05) is 42.5 Å². The van der Waals surface area contributed by atoms with Crippen molar-refractivity contribution in [3.63, 3.8) is 0 Å². The van der Waals surface area contributed by atoms with Crippen LogP contribution in [0.15, 0.2) is 65.3 Å². The molecular weight excluding hydrogens is 264 g/mol. The zero-order valence-corrected chi connectivity index (χ0v) is 11.5. The normalized spacial score (nSPS) is 15.8. The number of ether oxygens (including phenoxy) is 1. The first-order valence-corrected chi connectivity index (χ1v) is 6.57. The molecule has 1 N–H and O–H groups in total. The molecule has 21 heavy (non-hydrogen) atoms. The van der Waals surface area contributed by atoms with E-state index in [2.05, 4.69) is 10.3 Å². The fraction of sp³-hybridized carbons (Fsp3) is 0.0588. The van der Waals surface area contributed by atoms with E-state index in [0.717, 1.165) is 16.9 Å². The number of aliphatic imine (C=N–C) groups is 1. The second kappa shape index (κ2) is 5.63. The molecule has 0 bridgehead atoms. The van der Waals surface area contributed by atoms with E-state index in [1.165, 1.54) is 0 Å². The van der Waals surface area contributed by atoms with Gasteiger partial charge in [0.15, 0.2) is 0 Å². The zero-order valence-electron chi connectivity index (χ0n) is 11.5. The Labute approximate surface area is 122 Å². The fourth-order valence-electron chi connectivity index (χ4n) is 2.06. The average molecular weight is 278 g/mol. The number of carbonyl (C=O) groups is 1. The topological polar surface area (TPSA) is 50.7 Å². The molecule has 0 unspecified atom stereocenters. The van der Waals surface area contributed by atoms with Crippen LogP contribution in [0.2, 0.25) is 0 Å². The molecule has 104 valence electrons. The number of benzene rings is 2. The maximum atomic E-state index is 12.0. The highest BCUT2D eigenvalue weighted by Crippen LogP contribution is 2.17. The number of rotatable bonds is 3. The molecule has 1 aliphatic heterocycles. The van der Waals surface area contributed by atoms with Crippen LogP contribution in [0, 0.1) is 0 Å². The van der Waals surface area contributed by atoms with E-state index in [1.54, 1.807) is 13.2 Å². The number of nitrogens with one attached hydrogen (secondary N) is 1. The summed E-state index contributed by atoms with van der Waals surface area (Å²) in [6, 6.07) is 17.0. The predicted molar refractivity (Wildman–Crippen MR) is 82.1 cm³/mol. The summed E-state index contributed by atoms with van der Waals surface area (Å²) in [5.41, 5.74) is 2.20. The minimum absolute atomic E-state index is 0.190. The van der Waals surface area contributed by atoms with E-state index < -0.39 is 0 Å². The van der Waals surface area contributed by atoms with Crippen molar-refractivity contribution in [3.05, 3.63) is 71.4 Å². The van der Waals surface area contributed by atoms with Crippen molar-refractivity contribution in [2.75, 3.05) is 7.11 Å². The van der Waals surface area contributed by atoms with Crippen molar-refractivity contribution in [1.82, 2.24) is 5.32 Å². The lowest BCUT2D eigenvalue weighted by Crippen LogP contribution is -2.24. The van der Waals surface area contributed by atoms with Gasteiger partial charge in [0.05, 0.1) is 7.11 Å². The number of carbonyl (C=O) groups excluding carboxylic acids is 1. The smallest absolute Gasteiger partial charge is 0.275 e. The first kappa shape index (κ1) is 13.1. The van der Waals surface area contributed by atoms with Crippen LogP contribution < -0.4 is 10.1 Å². The standard InChI is InChI=1S/C17H14N2O2/c1-21-14-9-7-12(8-10-14)11-15-17(20)19-16(18-15)13-5-3-2-4-6-13/h2-11H,1H3,(H,18,19,20)/b15-11+. The van der Waals surface area contributed by atoms with Gasteiger partial charge in [-0.2, -0.15) is 0 Å². The largest absolute Gasteiger partial charge is 0.497 e. The quantitative estimate of drug-likeness (QED) is 0.877. The molecule has 2 aromatic rings. The molecule has 0 fully saturated rings. The van der Waals surface area contributed by atoms with Crippen LogP contribution in [-0.4, -0.2) is 18.9 Å². The first-order chi connectivity index (χ1) is 10.3. The summed E-state index contributed by atoms with van der Waals surface area (Å²) in [5, 5.41) is 2.78. The SMILES string of the molecule is COc1ccc(/C=C2/N=C(c3ccccc3)NC2=O)cc1. The molecule has 4 heteroatoms. The second-order valence-corrected chi connectivity index (χ2v) is 4.58. The van der Waals surface area contributed by atoms with E-state index in [-0.39, 0.29) is 5.91 Å². The number of hydrogen-bond acceptors (Lipinski definition) is 3. The molecule has 0 aliphatic carbocycles. The molecule has 1 aliphatic rings. The van der Waals surface area contributed by atoms with Crippen LogP contribution in [0.4, 0.5) is 0 Å². The van der Waals surface area contributed by atoms with Gasteiger partial charge in [0.2, 0.25) is 0 Å². The number of nitrogens with zero attached hydrogens (tertiary/aromatic N) is 1. The van der Waals surface area contributed by atoms with E-state index in [9.17, 15) is 4.79 Å². The molecule has 4 nitrogen and oxygen atoms in total. The Morgan fingerprint density at radius 2 is 1.76 bits per heavy atom. The van der Waals surface area contributed by atoms with E-state index in [0.29, 0.717) is 11.5 Å². The third-order valence-electron chi connectivity index (χ3n) is 3.16. The van der Waals surface area contributed by atoms with Gasteiger partial charge in [-0.3, -0.25) is 4.79 Å². The summed E-state index contributed by atoms with van der Waals surface area (Å²) in [6.45, 7) is 0. The van der Waals surface area contributed by atoms with Gasteiger partial charge < -0.3 is 10.1 Å². The maximum absolute atomic E-state index is 12.0. The number of amides is 1. The van der Waals surface area contributed by atoms with Crippen molar-refractivity contribution >= 4 is 17.8 Å². The number of hydrogen-bond donors (Lipinski definition) is 1. The first-order valence-electron chi connectivity index (χ1n) is 6.57. The molecule has 0 saturated carbocycles. The Morgan fingerprint density at radius 1 is 1.05 bits per heavy atom. The predicted octanol–water partition coefficient (Wildman–Crippen LogP) is 2.61. The van der Waals surface area contributed by atoms with Gasteiger partial charge in [-0.25, -0.2) is 4.99 Å². The van der Waals surface area contributed by atoms with Gasteiger partial charge >= 0.3 is 0 Å². The molecule has 0 atom stereocenters. The summed E-state index contributed by atoms with van der Waals surface area (Å²) in [5.74, 6) is 1.17. The summed E-state index contributed by atoms with van der Waals surface area (Å²) in [4.78, 5) is 16.3. The monoisotopic (exact) mass is 278 g/mol. The Hall–Kier alpha value is -2.88. The van der Waals surface area contributed by atoms with Crippen molar-refractivity contribution in [2.24, 2.45) is 4.99 Å². The van der Waals surface area contributed by atoms with Crippen LogP contribution in [-0.2, 0) is 4.79 Å². The molecule has 1 amide bonds. The Kier molecular flexibility index (Phi) is 3.51. The van der Waals surface area contributed by atoms with E-state index >= 15 is 0 Å². The molecule has 0 aromatic heterocycles. The Bertz CT molecular complexity index is 716. The zero-order chi connectivity index (χ0) is 14.7. The van der Waals surface area contributed by atoms with Crippen LogP contribution in [0.5, 0.6) is 5.75 Å². The summed E-state index contributed by atoms with van der Waals surface area (Å²) >= 11 is 0. The Morgan fingerprint density at radius 3 is 2.43 bits per heavy atom. The lowest BCUT2D eigenvalue weighted by atomic mass is 10.2. The van der Waals surface area contributed by atoms with Crippen molar-refractivity contribution in [1.29, 1.82) is 0 Å². The van der Waals surface area contributed by atoms with Crippen LogP contribution in [0.1, 0.15) is 11.1 Å². The van der Waals surface area contributed by atoms with Crippen LogP contribution in [0.3, 0.4) is 0 Å². The maximum Gasteiger partial charge on any atom is 0.275 e. The molecule has 0 spiro atoms.